The molecule has 0 saturated carbocycles. The molecule has 7 heteroatoms. The molecule has 1 fully saturated rings. The van der Waals surface area contributed by atoms with Crippen LogP contribution < -0.4 is 5.32 Å². The quantitative estimate of drug-likeness (QED) is 0.626. The summed E-state index contributed by atoms with van der Waals surface area (Å²) in [5.74, 6) is -0.487. The Hall–Kier alpha value is -2.41. The third kappa shape index (κ3) is 6.79. The molecule has 1 N–H and O–H groups in total. The Morgan fingerprint density at radius 2 is 1.72 bits per heavy atom. The van der Waals surface area contributed by atoms with E-state index in [2.05, 4.69) is 10.2 Å². The van der Waals surface area contributed by atoms with Gasteiger partial charge in [0, 0.05) is 43.7 Å². The van der Waals surface area contributed by atoms with E-state index in [9.17, 15) is 9.59 Å². The van der Waals surface area contributed by atoms with Crippen molar-refractivity contribution >= 4 is 23.4 Å². The second kappa shape index (κ2) is 12.0. The minimum absolute atomic E-state index is 0.0721. The van der Waals surface area contributed by atoms with Gasteiger partial charge in [0.05, 0.1) is 13.2 Å². The Kier molecular flexibility index (Phi) is 9.09. The van der Waals surface area contributed by atoms with Crippen molar-refractivity contribution in [1.82, 2.24) is 15.1 Å². The van der Waals surface area contributed by atoms with E-state index >= 15 is 0 Å². The highest BCUT2D eigenvalue weighted by Gasteiger charge is 2.32. The van der Waals surface area contributed by atoms with Crippen LogP contribution >= 0.6 is 11.6 Å². The van der Waals surface area contributed by atoms with Crippen molar-refractivity contribution in [3.8, 4) is 0 Å². The van der Waals surface area contributed by atoms with E-state index in [1.54, 1.807) is 17.0 Å². The highest BCUT2D eigenvalue weighted by atomic mass is 35.5. The van der Waals surface area contributed by atoms with Crippen LogP contribution in [0.3, 0.4) is 0 Å². The average molecular weight is 458 g/mol. The van der Waals surface area contributed by atoms with Crippen molar-refractivity contribution in [1.29, 1.82) is 0 Å². The van der Waals surface area contributed by atoms with Crippen molar-refractivity contribution in [3.63, 3.8) is 0 Å². The monoisotopic (exact) mass is 457 g/mol. The Labute approximate surface area is 195 Å². The zero-order valence-electron chi connectivity index (χ0n) is 18.8. The fraction of sp³-hybridized carbons (Fsp3) is 0.440. The maximum Gasteiger partial charge on any atom is 0.247 e. The molecule has 0 bridgehead atoms. The number of amides is 2. The van der Waals surface area contributed by atoms with Crippen molar-refractivity contribution in [2.75, 3.05) is 39.4 Å². The summed E-state index contributed by atoms with van der Waals surface area (Å²) in [6.07, 6.45) is 0. The minimum Gasteiger partial charge on any atom is -0.379 e. The average Bonchev–Trinajstić information content (AvgIpc) is 2.81. The molecule has 32 heavy (non-hydrogen) atoms. The molecule has 3 rings (SSSR count). The van der Waals surface area contributed by atoms with Gasteiger partial charge in [-0.25, -0.2) is 0 Å². The molecule has 1 heterocycles. The lowest BCUT2D eigenvalue weighted by molar-refractivity contribution is -0.144. The topological polar surface area (TPSA) is 61.9 Å². The van der Waals surface area contributed by atoms with Gasteiger partial charge in [-0.15, -0.1) is 0 Å². The summed E-state index contributed by atoms with van der Waals surface area (Å²) >= 11 is 6.03. The van der Waals surface area contributed by atoms with E-state index < -0.39 is 6.04 Å². The Morgan fingerprint density at radius 3 is 2.34 bits per heavy atom. The predicted octanol–water partition coefficient (Wildman–Crippen LogP) is 3.51. The number of hydrogen-bond acceptors (Lipinski definition) is 4. The fourth-order valence-electron chi connectivity index (χ4n) is 3.78. The van der Waals surface area contributed by atoms with Gasteiger partial charge in [0.25, 0.3) is 0 Å². The number of nitrogens with one attached hydrogen (secondary N) is 1. The minimum atomic E-state index is -0.716. The van der Waals surface area contributed by atoms with E-state index in [0.717, 1.165) is 44.0 Å². The van der Waals surface area contributed by atoms with E-state index in [-0.39, 0.29) is 17.7 Å². The van der Waals surface area contributed by atoms with Gasteiger partial charge >= 0.3 is 0 Å². The van der Waals surface area contributed by atoms with E-state index in [1.807, 2.05) is 56.3 Å². The van der Waals surface area contributed by atoms with Crippen LogP contribution in [-0.2, 0) is 20.9 Å². The second-order valence-electron chi connectivity index (χ2n) is 8.31. The number of benzene rings is 2. The summed E-state index contributed by atoms with van der Waals surface area (Å²) in [7, 11) is 0. The van der Waals surface area contributed by atoms with Gasteiger partial charge in [0.1, 0.15) is 6.04 Å². The van der Waals surface area contributed by atoms with Crippen LogP contribution in [0.4, 0.5) is 0 Å². The van der Waals surface area contributed by atoms with E-state index in [1.165, 1.54) is 0 Å². The zero-order valence-corrected chi connectivity index (χ0v) is 19.6. The summed E-state index contributed by atoms with van der Waals surface area (Å²) in [4.78, 5) is 30.6. The summed E-state index contributed by atoms with van der Waals surface area (Å²) in [6.45, 7) is 8.49. The maximum atomic E-state index is 13.4. The summed E-state index contributed by atoms with van der Waals surface area (Å²) in [5, 5.41) is 3.70. The smallest absolute Gasteiger partial charge is 0.247 e. The van der Waals surface area contributed by atoms with Crippen LogP contribution in [0, 0.1) is 5.92 Å². The predicted molar refractivity (Wildman–Crippen MR) is 126 cm³/mol. The van der Waals surface area contributed by atoms with Crippen molar-refractivity contribution in [2.45, 2.75) is 26.4 Å². The van der Waals surface area contributed by atoms with Crippen LogP contribution in [0.2, 0.25) is 5.02 Å². The molecule has 0 spiro atoms. The first-order valence-corrected chi connectivity index (χ1v) is 11.5. The zero-order chi connectivity index (χ0) is 22.9. The van der Waals surface area contributed by atoms with Gasteiger partial charge in [0.15, 0.2) is 0 Å². The van der Waals surface area contributed by atoms with Gasteiger partial charge in [-0.3, -0.25) is 14.5 Å². The van der Waals surface area contributed by atoms with Crippen LogP contribution in [0.1, 0.15) is 31.0 Å². The number of halogens is 1. The lowest BCUT2D eigenvalue weighted by Gasteiger charge is -2.33. The molecule has 2 aromatic rings. The van der Waals surface area contributed by atoms with Crippen molar-refractivity contribution < 1.29 is 14.3 Å². The molecule has 6 nitrogen and oxygen atoms in total. The van der Waals surface area contributed by atoms with Gasteiger partial charge in [-0.05, 0) is 23.3 Å². The van der Waals surface area contributed by atoms with Crippen LogP contribution in [0.15, 0.2) is 54.6 Å². The first-order chi connectivity index (χ1) is 15.5. The lowest BCUT2D eigenvalue weighted by atomic mass is 10.0. The molecule has 1 saturated heterocycles. The normalized spacial score (nSPS) is 15.4. The molecule has 0 aromatic heterocycles. The standard InChI is InChI=1S/C25H32ClN3O3/c1-19(2)25(31)29(18-20-8-10-22(26)11-9-20)23(21-6-4-3-5-7-21)24(30)27-12-13-28-14-16-32-17-15-28/h3-11,19,23H,12-18H2,1-2H3,(H,27,30). The third-order valence-corrected chi connectivity index (χ3v) is 5.80. The van der Waals surface area contributed by atoms with Crippen molar-refractivity contribution in [3.05, 3.63) is 70.7 Å². The van der Waals surface area contributed by atoms with Gasteiger partial charge < -0.3 is 15.0 Å². The molecule has 2 amide bonds. The summed E-state index contributed by atoms with van der Waals surface area (Å²) in [6, 6.07) is 16.2. The molecular weight excluding hydrogens is 426 g/mol. The van der Waals surface area contributed by atoms with Crippen LogP contribution in [-0.4, -0.2) is 61.0 Å². The number of hydrogen-bond donors (Lipinski definition) is 1. The van der Waals surface area contributed by atoms with Crippen molar-refractivity contribution in [2.24, 2.45) is 5.92 Å². The van der Waals surface area contributed by atoms with E-state index in [4.69, 9.17) is 16.3 Å². The van der Waals surface area contributed by atoms with Crippen LogP contribution in [0.25, 0.3) is 0 Å². The Bertz CT molecular complexity index is 868. The summed E-state index contributed by atoms with van der Waals surface area (Å²) in [5.41, 5.74) is 1.71. The molecule has 1 aliphatic rings. The molecule has 1 aliphatic heterocycles. The largest absolute Gasteiger partial charge is 0.379 e. The number of nitrogens with zero attached hydrogens (tertiary/aromatic N) is 2. The molecule has 172 valence electrons. The van der Waals surface area contributed by atoms with Gasteiger partial charge in [-0.1, -0.05) is 67.9 Å². The Balaban J connectivity index is 1.81. The Morgan fingerprint density at radius 1 is 1.06 bits per heavy atom. The molecular formula is C25H32ClN3O3. The highest BCUT2D eigenvalue weighted by molar-refractivity contribution is 6.30. The van der Waals surface area contributed by atoms with Gasteiger partial charge in [-0.2, -0.15) is 0 Å². The molecule has 0 aliphatic carbocycles. The summed E-state index contributed by atoms with van der Waals surface area (Å²) < 4.78 is 5.39. The first kappa shape index (κ1) is 24.2. The molecule has 1 atom stereocenters. The van der Waals surface area contributed by atoms with Crippen LogP contribution in [0.5, 0.6) is 0 Å². The lowest BCUT2D eigenvalue weighted by Crippen LogP contribution is -2.47. The molecule has 2 aromatic carbocycles. The van der Waals surface area contributed by atoms with E-state index in [0.29, 0.717) is 18.1 Å². The number of ether oxygens (including phenoxy) is 1. The second-order valence-corrected chi connectivity index (χ2v) is 8.74. The molecule has 0 radical (unpaired) electrons. The number of rotatable bonds is 9. The SMILES string of the molecule is CC(C)C(=O)N(Cc1ccc(Cl)cc1)C(C(=O)NCCN1CCOCC1)c1ccccc1. The third-order valence-electron chi connectivity index (χ3n) is 5.55. The molecule has 1 unspecified atom stereocenters. The number of carbonyl (C=O) groups excluding carboxylic acids is 2. The number of morpholine rings is 1. The van der Waals surface area contributed by atoms with Gasteiger partial charge in [0.2, 0.25) is 11.8 Å². The fourth-order valence-corrected chi connectivity index (χ4v) is 3.91. The highest BCUT2D eigenvalue weighted by Crippen LogP contribution is 2.26. The number of carbonyl (C=O) groups is 2. The maximum absolute atomic E-state index is 13.4. The first-order valence-electron chi connectivity index (χ1n) is 11.1.